The molecule has 0 radical (unpaired) electrons. The summed E-state index contributed by atoms with van der Waals surface area (Å²) in [7, 11) is -1.34. The summed E-state index contributed by atoms with van der Waals surface area (Å²) in [5, 5.41) is -0.549. The number of halogens is 4. The van der Waals surface area contributed by atoms with Crippen LogP contribution in [0.2, 0.25) is 30.7 Å². The third-order valence-electron chi connectivity index (χ3n) is 4.38. The Morgan fingerprint density at radius 2 is 1.71 bits per heavy atom. The summed E-state index contributed by atoms with van der Waals surface area (Å²) >= 11 is 5.92. The smallest absolute Gasteiger partial charge is 0.417 e. The maximum atomic E-state index is 13.1. The molecule has 0 bridgehead atoms. The van der Waals surface area contributed by atoms with Gasteiger partial charge in [0.1, 0.15) is 5.75 Å². The largest absolute Gasteiger partial charge is 0.477 e. The average Bonchev–Trinajstić information content (AvgIpc) is 2.69. The van der Waals surface area contributed by atoms with Gasteiger partial charge in [-0.1, -0.05) is 67.6 Å². The molecule has 4 nitrogen and oxygen atoms in total. The summed E-state index contributed by atoms with van der Waals surface area (Å²) in [6.07, 6.45) is -3.07. The van der Waals surface area contributed by atoms with Crippen molar-refractivity contribution >= 4 is 19.7 Å². The molecule has 1 aromatic heterocycles. The molecular formula is C22H22ClF3N2O2Si. The van der Waals surface area contributed by atoms with Crippen molar-refractivity contribution in [2.45, 2.75) is 31.9 Å². The lowest BCUT2D eigenvalue weighted by Crippen LogP contribution is -2.22. The molecule has 0 aliphatic heterocycles. The first-order valence-corrected chi connectivity index (χ1v) is 13.7. The molecule has 3 rings (SSSR count). The zero-order valence-electron chi connectivity index (χ0n) is 17.3. The van der Waals surface area contributed by atoms with Crippen LogP contribution in [0.25, 0.3) is 11.1 Å². The fraction of sp³-hybridized carbons (Fsp3) is 0.273. The van der Waals surface area contributed by atoms with E-state index in [9.17, 15) is 13.2 Å². The van der Waals surface area contributed by atoms with Gasteiger partial charge >= 0.3 is 12.2 Å². The van der Waals surface area contributed by atoms with Crippen LogP contribution in [0.5, 0.6) is 17.6 Å². The van der Waals surface area contributed by atoms with E-state index in [2.05, 4.69) is 29.6 Å². The molecule has 0 amide bonds. The first-order valence-electron chi connectivity index (χ1n) is 9.63. The van der Waals surface area contributed by atoms with Crippen LogP contribution in [0.15, 0.2) is 54.7 Å². The van der Waals surface area contributed by atoms with Crippen LogP contribution in [0, 0.1) is 0 Å². The molecule has 0 aliphatic carbocycles. The number of benzene rings is 2. The Morgan fingerprint density at radius 1 is 1.00 bits per heavy atom. The van der Waals surface area contributed by atoms with Crippen molar-refractivity contribution in [2.75, 3.05) is 6.61 Å². The minimum atomic E-state index is -4.60. The van der Waals surface area contributed by atoms with Crippen LogP contribution in [-0.2, 0) is 6.18 Å². The Bertz CT molecular complexity index is 1040. The summed E-state index contributed by atoms with van der Waals surface area (Å²) in [4.78, 5) is 8.47. The first-order chi connectivity index (χ1) is 14.5. The monoisotopic (exact) mass is 466 g/mol. The number of hydrogen-bond donors (Lipinski definition) is 0. The average molecular weight is 467 g/mol. The summed E-state index contributed by atoms with van der Waals surface area (Å²) < 4.78 is 50.8. The Balaban J connectivity index is 1.93. The fourth-order valence-corrected chi connectivity index (χ4v) is 3.67. The van der Waals surface area contributed by atoms with Gasteiger partial charge in [-0.2, -0.15) is 18.2 Å². The quantitative estimate of drug-likeness (QED) is 0.342. The van der Waals surface area contributed by atoms with Crippen molar-refractivity contribution in [1.82, 2.24) is 9.97 Å². The van der Waals surface area contributed by atoms with Crippen molar-refractivity contribution in [3.63, 3.8) is 0 Å². The van der Waals surface area contributed by atoms with Gasteiger partial charge in [0.2, 0.25) is 5.88 Å². The fourth-order valence-electron chi connectivity index (χ4n) is 2.69. The van der Waals surface area contributed by atoms with Crippen molar-refractivity contribution in [3.05, 3.63) is 65.3 Å². The van der Waals surface area contributed by atoms with Gasteiger partial charge in [-0.15, -0.1) is 0 Å². The Labute approximate surface area is 185 Å². The van der Waals surface area contributed by atoms with E-state index in [1.165, 1.54) is 18.3 Å². The molecule has 0 aliphatic rings. The molecule has 9 heteroatoms. The maximum absolute atomic E-state index is 13.1. The van der Waals surface area contributed by atoms with Gasteiger partial charge in [0.15, 0.2) is 0 Å². The van der Waals surface area contributed by atoms with Gasteiger partial charge in [0.05, 0.1) is 22.8 Å². The number of rotatable bonds is 7. The highest BCUT2D eigenvalue weighted by atomic mass is 35.5. The summed E-state index contributed by atoms with van der Waals surface area (Å²) in [6.45, 7) is 7.17. The van der Waals surface area contributed by atoms with Crippen LogP contribution in [0.4, 0.5) is 13.2 Å². The second-order valence-corrected chi connectivity index (χ2v) is 14.1. The van der Waals surface area contributed by atoms with Crippen LogP contribution < -0.4 is 9.47 Å². The van der Waals surface area contributed by atoms with E-state index in [4.69, 9.17) is 21.1 Å². The molecule has 0 N–H and O–H groups in total. The molecule has 3 aromatic rings. The standard InChI is InChI=1S/C22H22ClF3N2O2Si/c1-31(2,3)13-12-29-20-16(15-8-5-4-6-9-15)14-27-21(28-20)30-18-11-7-10-17(19(18)23)22(24,25)26/h4-11,14H,12-13H2,1-3H3. The van der Waals surface area contributed by atoms with Crippen molar-refractivity contribution < 1.29 is 22.6 Å². The first kappa shape index (κ1) is 23.1. The Kier molecular flexibility index (Phi) is 6.91. The zero-order valence-corrected chi connectivity index (χ0v) is 19.1. The minimum Gasteiger partial charge on any atom is -0.477 e. The van der Waals surface area contributed by atoms with Gasteiger partial charge in [-0.25, -0.2) is 4.98 Å². The Morgan fingerprint density at radius 3 is 2.35 bits per heavy atom. The van der Waals surface area contributed by atoms with E-state index in [1.807, 2.05) is 30.3 Å². The number of nitrogens with zero attached hydrogens (tertiary/aromatic N) is 2. The van der Waals surface area contributed by atoms with E-state index in [1.54, 1.807) is 0 Å². The molecule has 0 atom stereocenters. The van der Waals surface area contributed by atoms with Gasteiger partial charge in [-0.05, 0) is 23.7 Å². The SMILES string of the molecule is C[Si](C)(C)CCOc1nc(Oc2cccc(C(F)(F)F)c2Cl)ncc1-c1ccccc1. The molecule has 164 valence electrons. The topological polar surface area (TPSA) is 44.2 Å². The third kappa shape index (κ3) is 6.21. The van der Waals surface area contributed by atoms with E-state index in [0.29, 0.717) is 18.1 Å². The molecule has 31 heavy (non-hydrogen) atoms. The lowest BCUT2D eigenvalue weighted by atomic mass is 10.1. The van der Waals surface area contributed by atoms with Crippen molar-refractivity contribution in [1.29, 1.82) is 0 Å². The lowest BCUT2D eigenvalue weighted by Gasteiger charge is -2.17. The van der Waals surface area contributed by atoms with Gasteiger partial charge in [0.25, 0.3) is 0 Å². The van der Waals surface area contributed by atoms with E-state index >= 15 is 0 Å². The highest BCUT2D eigenvalue weighted by Gasteiger charge is 2.34. The molecule has 0 saturated heterocycles. The summed E-state index contributed by atoms with van der Waals surface area (Å²) in [5.41, 5.74) is 0.534. The van der Waals surface area contributed by atoms with Crippen LogP contribution >= 0.6 is 11.6 Å². The molecule has 2 aromatic carbocycles. The van der Waals surface area contributed by atoms with Crippen LogP contribution in [0.1, 0.15) is 5.56 Å². The second kappa shape index (κ2) is 9.28. The Hall–Kier alpha value is -2.58. The van der Waals surface area contributed by atoms with Gasteiger partial charge in [0, 0.05) is 14.3 Å². The van der Waals surface area contributed by atoms with E-state index < -0.39 is 24.8 Å². The second-order valence-electron chi connectivity index (χ2n) is 8.11. The predicted octanol–water partition coefficient (Wildman–Crippen LogP) is 7.33. The third-order valence-corrected chi connectivity index (χ3v) is 6.47. The van der Waals surface area contributed by atoms with Gasteiger partial charge < -0.3 is 9.47 Å². The normalized spacial score (nSPS) is 12.0. The lowest BCUT2D eigenvalue weighted by molar-refractivity contribution is -0.137. The number of ether oxygens (including phenoxy) is 2. The highest BCUT2D eigenvalue weighted by molar-refractivity contribution is 6.76. The van der Waals surface area contributed by atoms with Gasteiger partial charge in [-0.3, -0.25) is 0 Å². The molecular weight excluding hydrogens is 445 g/mol. The molecule has 1 heterocycles. The number of aromatic nitrogens is 2. The van der Waals surface area contributed by atoms with Crippen molar-refractivity contribution in [2.24, 2.45) is 0 Å². The molecule has 0 unspecified atom stereocenters. The highest BCUT2D eigenvalue weighted by Crippen LogP contribution is 2.40. The summed E-state index contributed by atoms with van der Waals surface area (Å²) in [5.74, 6) is 0.120. The summed E-state index contributed by atoms with van der Waals surface area (Å²) in [6, 6.07) is 13.7. The van der Waals surface area contributed by atoms with E-state index in [-0.39, 0.29) is 11.8 Å². The van der Waals surface area contributed by atoms with Crippen LogP contribution in [-0.4, -0.2) is 24.6 Å². The van der Waals surface area contributed by atoms with Crippen LogP contribution in [0.3, 0.4) is 0 Å². The minimum absolute atomic E-state index is 0.149. The van der Waals surface area contributed by atoms with Crippen molar-refractivity contribution in [3.8, 4) is 28.8 Å². The number of alkyl halides is 3. The number of hydrogen-bond acceptors (Lipinski definition) is 4. The molecule has 0 spiro atoms. The molecule has 0 fully saturated rings. The zero-order chi connectivity index (χ0) is 22.6. The molecule has 0 saturated carbocycles. The maximum Gasteiger partial charge on any atom is 0.417 e. The predicted molar refractivity (Wildman–Crippen MR) is 118 cm³/mol. The van der Waals surface area contributed by atoms with E-state index in [0.717, 1.165) is 17.7 Å².